The summed E-state index contributed by atoms with van der Waals surface area (Å²) in [7, 11) is 5.11. The summed E-state index contributed by atoms with van der Waals surface area (Å²) in [6, 6.07) is 2.58. The summed E-state index contributed by atoms with van der Waals surface area (Å²) < 4.78 is 17.6. The lowest BCUT2D eigenvalue weighted by Gasteiger charge is -2.51. The molecule has 2 bridgehead atoms. The molecule has 0 aromatic heterocycles. The highest BCUT2D eigenvalue weighted by atomic mass is 16.7. The first-order valence-electron chi connectivity index (χ1n) is 12.6. The van der Waals surface area contributed by atoms with E-state index in [0.29, 0.717) is 23.1 Å². The summed E-state index contributed by atoms with van der Waals surface area (Å²) in [6.45, 7) is 3.45. The van der Waals surface area contributed by atoms with Gasteiger partial charge in [-0.25, -0.2) is 0 Å². The van der Waals surface area contributed by atoms with E-state index < -0.39 is 52.8 Å². The van der Waals surface area contributed by atoms with E-state index in [1.54, 1.807) is 13.8 Å². The zero-order valence-electron chi connectivity index (χ0n) is 21.9. The number of fused-ring (bicyclic) bond motifs is 8. The minimum Gasteiger partial charge on any atom is -0.507 e. The number of hydrogen-bond donors (Lipinski definition) is 4. The van der Waals surface area contributed by atoms with E-state index in [2.05, 4.69) is 0 Å². The number of phenolic OH excluding ortho intramolecular Hbond substituents is 2. The normalized spacial score (nSPS) is 33.3. The van der Waals surface area contributed by atoms with Crippen LogP contribution in [0.3, 0.4) is 0 Å². The molecule has 1 fully saturated rings. The SMILES string of the molecule is CO[C@@H]1C[C@](C)(O)Cc2cc3c(c(O)c21)C(=O)c1c(O)cc2c(c1C3=O)OC1OC2(C)C[C@@H](N(C)C)[C@@H]1O. The highest BCUT2D eigenvalue weighted by Crippen LogP contribution is 2.54. The van der Waals surface area contributed by atoms with Crippen LogP contribution >= 0.6 is 0 Å². The second-order valence-electron chi connectivity index (χ2n) is 11.6. The first kappa shape index (κ1) is 25.3. The van der Waals surface area contributed by atoms with Gasteiger partial charge in [0.05, 0.1) is 34.0 Å². The van der Waals surface area contributed by atoms with Gasteiger partial charge in [0.1, 0.15) is 23.4 Å². The van der Waals surface area contributed by atoms with Crippen molar-refractivity contribution >= 4 is 11.6 Å². The quantitative estimate of drug-likeness (QED) is 0.391. The number of phenols is 2. The van der Waals surface area contributed by atoms with E-state index in [9.17, 15) is 30.0 Å². The molecule has 0 saturated carbocycles. The highest BCUT2D eigenvalue weighted by Gasteiger charge is 2.54. The Bertz CT molecular complexity index is 1410. The smallest absolute Gasteiger partial charge is 0.228 e. The average Bonchev–Trinajstić information content (AvgIpc) is 2.83. The van der Waals surface area contributed by atoms with E-state index in [0.717, 1.165) is 0 Å². The number of likely N-dealkylation sites (N-methyl/N-ethyl adjacent to an activating group) is 1. The number of nitrogens with zero attached hydrogens (tertiary/aromatic N) is 1. The lowest BCUT2D eigenvalue weighted by atomic mass is 9.73. The number of methoxy groups -OCH3 is 1. The van der Waals surface area contributed by atoms with Gasteiger partial charge in [0, 0.05) is 42.7 Å². The molecule has 2 unspecified atom stereocenters. The van der Waals surface area contributed by atoms with Crippen LogP contribution in [0, 0.1) is 0 Å². The third-order valence-electron chi connectivity index (χ3n) is 8.53. The molecule has 0 radical (unpaired) electrons. The molecule has 2 aromatic carbocycles. The van der Waals surface area contributed by atoms with Gasteiger partial charge in [-0.05, 0) is 52.1 Å². The van der Waals surface area contributed by atoms with Crippen LogP contribution in [0.25, 0.3) is 0 Å². The number of ether oxygens (including phenoxy) is 3. The van der Waals surface area contributed by atoms with Crippen molar-refractivity contribution in [1.29, 1.82) is 0 Å². The highest BCUT2D eigenvalue weighted by molar-refractivity contribution is 6.31. The van der Waals surface area contributed by atoms with Crippen molar-refractivity contribution in [3.8, 4) is 17.2 Å². The van der Waals surface area contributed by atoms with E-state index in [1.165, 1.54) is 19.2 Å². The summed E-state index contributed by atoms with van der Waals surface area (Å²) in [6.07, 6.45) is -2.11. The molecular formula is C28H31NO9. The minimum absolute atomic E-state index is 0.0452. The summed E-state index contributed by atoms with van der Waals surface area (Å²) in [4.78, 5) is 29.7. The van der Waals surface area contributed by atoms with Gasteiger partial charge in [-0.1, -0.05) is 0 Å². The molecule has 6 atom stereocenters. The first-order valence-corrected chi connectivity index (χ1v) is 12.6. The topological polar surface area (TPSA) is 146 Å². The maximum Gasteiger partial charge on any atom is 0.228 e. The summed E-state index contributed by atoms with van der Waals surface area (Å²) in [5.74, 6) is -2.07. The van der Waals surface area contributed by atoms with Gasteiger partial charge >= 0.3 is 0 Å². The number of aliphatic hydroxyl groups is 2. The van der Waals surface area contributed by atoms with E-state index in [-0.39, 0.29) is 46.9 Å². The van der Waals surface area contributed by atoms with Gasteiger partial charge in [0.2, 0.25) is 12.1 Å². The Labute approximate surface area is 219 Å². The molecule has 38 heavy (non-hydrogen) atoms. The number of benzene rings is 2. The van der Waals surface area contributed by atoms with Crippen molar-refractivity contribution in [2.45, 2.75) is 68.9 Å². The summed E-state index contributed by atoms with van der Waals surface area (Å²) >= 11 is 0. The Kier molecular flexibility index (Phi) is 5.32. The largest absolute Gasteiger partial charge is 0.507 e. The van der Waals surface area contributed by atoms with Crippen LogP contribution in [0.4, 0.5) is 0 Å². The second kappa shape index (κ2) is 8.00. The van der Waals surface area contributed by atoms with Crippen molar-refractivity contribution in [2.24, 2.45) is 0 Å². The molecular weight excluding hydrogens is 494 g/mol. The van der Waals surface area contributed by atoms with Crippen LogP contribution in [0.15, 0.2) is 12.1 Å². The molecule has 2 heterocycles. The van der Waals surface area contributed by atoms with Crippen LogP contribution in [-0.4, -0.2) is 82.1 Å². The van der Waals surface area contributed by atoms with Crippen molar-refractivity contribution < 1.29 is 44.2 Å². The number of ketones is 2. The Morgan fingerprint density at radius 1 is 1.05 bits per heavy atom. The van der Waals surface area contributed by atoms with Crippen LogP contribution in [0.1, 0.15) is 81.3 Å². The van der Waals surface area contributed by atoms with Gasteiger partial charge in [-0.15, -0.1) is 0 Å². The number of carbonyl (C=O) groups is 2. The molecule has 1 saturated heterocycles. The molecule has 202 valence electrons. The lowest BCUT2D eigenvalue weighted by Crippen LogP contribution is -2.60. The van der Waals surface area contributed by atoms with Crippen molar-refractivity contribution in [1.82, 2.24) is 4.90 Å². The van der Waals surface area contributed by atoms with Gasteiger partial charge in [0.15, 0.2) is 5.78 Å². The molecule has 2 aromatic rings. The fraction of sp³-hybridized carbons (Fsp3) is 0.500. The van der Waals surface area contributed by atoms with Gasteiger partial charge in [0.25, 0.3) is 0 Å². The van der Waals surface area contributed by atoms with Gasteiger partial charge < -0.3 is 39.5 Å². The van der Waals surface area contributed by atoms with Crippen molar-refractivity contribution in [2.75, 3.05) is 21.2 Å². The van der Waals surface area contributed by atoms with E-state index >= 15 is 0 Å². The number of carbonyl (C=O) groups excluding carboxylic acids is 2. The molecule has 10 heteroatoms. The molecule has 0 spiro atoms. The van der Waals surface area contributed by atoms with Crippen LogP contribution in [0.2, 0.25) is 0 Å². The molecule has 6 rings (SSSR count). The van der Waals surface area contributed by atoms with Gasteiger partial charge in [-0.3, -0.25) is 9.59 Å². The van der Waals surface area contributed by atoms with Crippen LogP contribution in [0.5, 0.6) is 17.2 Å². The van der Waals surface area contributed by atoms with Crippen LogP contribution in [-0.2, 0) is 21.5 Å². The Morgan fingerprint density at radius 2 is 1.76 bits per heavy atom. The van der Waals surface area contributed by atoms with E-state index in [1.807, 2.05) is 19.0 Å². The Hall–Kier alpha value is -3.02. The Balaban J connectivity index is 1.56. The third kappa shape index (κ3) is 3.31. The zero-order valence-corrected chi connectivity index (χ0v) is 21.9. The van der Waals surface area contributed by atoms with Crippen molar-refractivity contribution in [3.63, 3.8) is 0 Å². The Morgan fingerprint density at radius 3 is 2.42 bits per heavy atom. The lowest BCUT2D eigenvalue weighted by molar-refractivity contribution is -0.275. The summed E-state index contributed by atoms with van der Waals surface area (Å²) in [5, 5.41) is 44.1. The summed E-state index contributed by atoms with van der Waals surface area (Å²) in [5.41, 5.74) is -1.56. The number of rotatable bonds is 2. The van der Waals surface area contributed by atoms with E-state index in [4.69, 9.17) is 14.2 Å². The predicted molar refractivity (Wildman–Crippen MR) is 133 cm³/mol. The van der Waals surface area contributed by atoms with Crippen molar-refractivity contribution in [3.05, 3.63) is 51.1 Å². The fourth-order valence-corrected chi connectivity index (χ4v) is 6.66. The molecule has 4 aliphatic rings. The molecule has 2 aliphatic heterocycles. The fourth-order valence-electron chi connectivity index (χ4n) is 6.66. The van der Waals surface area contributed by atoms with Crippen LogP contribution < -0.4 is 4.74 Å². The minimum atomic E-state index is -1.14. The molecule has 4 N–H and O–H groups in total. The third-order valence-corrected chi connectivity index (χ3v) is 8.53. The maximum atomic E-state index is 14.0. The number of hydrogen-bond acceptors (Lipinski definition) is 10. The average molecular weight is 526 g/mol. The molecule has 10 nitrogen and oxygen atoms in total. The first-order chi connectivity index (χ1) is 17.8. The zero-order chi connectivity index (χ0) is 27.5. The second-order valence-corrected chi connectivity index (χ2v) is 11.6. The monoisotopic (exact) mass is 525 g/mol. The standard InChI is InChI=1S/C28H31NO9/c1-27(35)8-11-6-12-18(23(33)17(11)16(10-27)36-5)24(34)19-15(30)7-13-25(20(19)21(12)31)37-26-22(32)14(29(3)4)9-28(13,2)38-26/h6-7,14,16,22,26,30,32-33,35H,8-10H2,1-5H3/t14-,16-,22+,26?,27-,28?/m1/s1. The molecule has 0 amide bonds. The molecule has 2 aliphatic carbocycles. The number of aliphatic hydroxyl groups excluding tert-OH is 1. The predicted octanol–water partition coefficient (Wildman–Crippen LogP) is 1.90. The maximum absolute atomic E-state index is 14.0. The number of aromatic hydroxyl groups is 2. The van der Waals surface area contributed by atoms with Gasteiger partial charge in [-0.2, -0.15) is 0 Å².